The third kappa shape index (κ3) is 4.39. The second-order valence-corrected chi connectivity index (χ2v) is 7.21. The molecule has 0 radical (unpaired) electrons. The molecule has 1 aromatic heterocycles. The van der Waals surface area contributed by atoms with Crippen LogP contribution in [0.3, 0.4) is 0 Å². The van der Waals surface area contributed by atoms with Gasteiger partial charge in [0.1, 0.15) is 11.6 Å². The van der Waals surface area contributed by atoms with E-state index in [0.29, 0.717) is 12.1 Å². The molecule has 0 amide bonds. The number of hydrogen-bond donors (Lipinski definition) is 0. The predicted octanol–water partition coefficient (Wildman–Crippen LogP) is 5.35. The molecule has 6 heteroatoms. The van der Waals surface area contributed by atoms with Gasteiger partial charge >= 0.3 is 0 Å². The molecule has 144 valence electrons. The second-order valence-electron chi connectivity index (χ2n) is 6.42. The number of allylic oxidation sites excluding steroid dienone is 1. The number of carbonyl (C=O) groups excluding carboxylic acids is 1. The number of carbonyl (C=O) groups is 1. The molecule has 0 aliphatic carbocycles. The third-order valence-electron chi connectivity index (χ3n) is 4.47. The molecule has 0 fully saturated rings. The minimum absolute atomic E-state index is 0.181. The highest BCUT2D eigenvalue weighted by Gasteiger charge is 2.12. The Morgan fingerprint density at radius 3 is 2.54 bits per heavy atom. The second kappa shape index (κ2) is 8.52. The van der Waals surface area contributed by atoms with Crippen molar-refractivity contribution in [2.45, 2.75) is 20.4 Å². The van der Waals surface area contributed by atoms with Crippen molar-refractivity contribution in [2.24, 2.45) is 0 Å². The Labute approximate surface area is 171 Å². The predicted molar refractivity (Wildman–Crippen MR) is 111 cm³/mol. The number of halogens is 2. The van der Waals surface area contributed by atoms with Gasteiger partial charge in [0.15, 0.2) is 5.78 Å². The first kappa shape index (κ1) is 20.0. The van der Waals surface area contributed by atoms with Crippen LogP contribution < -0.4 is 4.74 Å². The van der Waals surface area contributed by atoms with Crippen molar-refractivity contribution < 1.29 is 13.9 Å². The van der Waals surface area contributed by atoms with Gasteiger partial charge in [-0.25, -0.2) is 4.39 Å². The summed E-state index contributed by atoms with van der Waals surface area (Å²) >= 11 is 3.54. The van der Waals surface area contributed by atoms with E-state index in [1.165, 1.54) is 30.3 Å². The van der Waals surface area contributed by atoms with Crippen LogP contribution in [0.5, 0.6) is 5.75 Å². The zero-order chi connectivity index (χ0) is 20.3. The molecule has 28 heavy (non-hydrogen) atoms. The molecular weight excluding hydrogens is 423 g/mol. The van der Waals surface area contributed by atoms with Crippen LogP contribution in [0.1, 0.15) is 32.9 Å². The molecule has 4 nitrogen and oxygen atoms in total. The van der Waals surface area contributed by atoms with Crippen LogP contribution >= 0.6 is 15.9 Å². The van der Waals surface area contributed by atoms with Crippen LogP contribution in [0.4, 0.5) is 4.39 Å². The van der Waals surface area contributed by atoms with Crippen LogP contribution in [0.15, 0.2) is 53.0 Å². The van der Waals surface area contributed by atoms with E-state index in [4.69, 9.17) is 4.74 Å². The van der Waals surface area contributed by atoms with E-state index < -0.39 is 0 Å². The number of hydrogen-bond acceptors (Lipinski definition) is 3. The average molecular weight is 443 g/mol. The van der Waals surface area contributed by atoms with Gasteiger partial charge in [0, 0.05) is 11.1 Å². The van der Waals surface area contributed by atoms with Crippen molar-refractivity contribution in [1.29, 1.82) is 0 Å². The summed E-state index contributed by atoms with van der Waals surface area (Å²) in [6.45, 7) is 4.50. The quantitative estimate of drug-likeness (QED) is 0.381. The van der Waals surface area contributed by atoms with Crippen molar-refractivity contribution in [3.63, 3.8) is 0 Å². The van der Waals surface area contributed by atoms with Gasteiger partial charge in [-0.15, -0.1) is 0 Å². The number of rotatable bonds is 6. The lowest BCUT2D eigenvalue weighted by atomic mass is 10.1. The molecule has 0 saturated carbocycles. The van der Waals surface area contributed by atoms with Crippen molar-refractivity contribution >= 4 is 27.8 Å². The summed E-state index contributed by atoms with van der Waals surface area (Å²) in [5, 5.41) is 4.54. The van der Waals surface area contributed by atoms with Crippen LogP contribution in [-0.4, -0.2) is 22.7 Å². The molecule has 2 aromatic carbocycles. The largest absolute Gasteiger partial charge is 0.496 e. The molecule has 0 aliphatic rings. The minimum Gasteiger partial charge on any atom is -0.496 e. The number of nitrogens with zero attached hydrogens (tertiary/aromatic N) is 2. The molecule has 0 unspecified atom stereocenters. The maximum absolute atomic E-state index is 13.0. The number of benzene rings is 2. The number of ether oxygens (including phenoxy) is 1. The molecule has 1 heterocycles. The van der Waals surface area contributed by atoms with E-state index in [9.17, 15) is 9.18 Å². The van der Waals surface area contributed by atoms with Gasteiger partial charge in [-0.3, -0.25) is 9.48 Å². The molecule has 3 rings (SSSR count). The van der Waals surface area contributed by atoms with Crippen molar-refractivity contribution in [1.82, 2.24) is 9.78 Å². The highest BCUT2D eigenvalue weighted by atomic mass is 79.9. The van der Waals surface area contributed by atoms with Gasteiger partial charge in [0.25, 0.3) is 0 Å². The maximum atomic E-state index is 13.0. The molecule has 0 atom stereocenters. The van der Waals surface area contributed by atoms with Gasteiger partial charge in [-0.1, -0.05) is 12.1 Å². The van der Waals surface area contributed by atoms with E-state index in [0.717, 1.165) is 32.7 Å². The first-order valence-corrected chi connectivity index (χ1v) is 9.52. The summed E-state index contributed by atoms with van der Waals surface area (Å²) in [5.41, 5.74) is 4.23. The molecule has 0 aliphatic heterocycles. The van der Waals surface area contributed by atoms with Crippen molar-refractivity contribution in [2.75, 3.05) is 7.11 Å². The van der Waals surface area contributed by atoms with Crippen molar-refractivity contribution in [3.05, 3.63) is 86.9 Å². The fraction of sp³-hybridized carbons (Fsp3) is 0.182. The summed E-state index contributed by atoms with van der Waals surface area (Å²) in [4.78, 5) is 12.3. The Bertz CT molecular complexity index is 1040. The topological polar surface area (TPSA) is 44.1 Å². The van der Waals surface area contributed by atoms with Crippen LogP contribution in [-0.2, 0) is 6.54 Å². The summed E-state index contributed by atoms with van der Waals surface area (Å²) in [6.07, 6.45) is 3.23. The fourth-order valence-corrected chi connectivity index (χ4v) is 3.18. The highest BCUT2D eigenvalue weighted by Crippen LogP contribution is 2.25. The Morgan fingerprint density at radius 2 is 1.93 bits per heavy atom. The summed E-state index contributed by atoms with van der Waals surface area (Å²) in [5.74, 6) is 0.210. The lowest BCUT2D eigenvalue weighted by Gasteiger charge is -2.11. The maximum Gasteiger partial charge on any atom is 0.185 e. The fourth-order valence-electron chi connectivity index (χ4n) is 2.90. The van der Waals surface area contributed by atoms with E-state index in [-0.39, 0.29) is 11.6 Å². The SMILES string of the molecule is COc1ccc(/C=C/C(=O)c2ccc(F)cc2)cc1Cn1nc(C)c(Br)c1C. The van der Waals surface area contributed by atoms with Gasteiger partial charge < -0.3 is 4.74 Å². The Morgan fingerprint density at radius 1 is 1.21 bits per heavy atom. The molecule has 0 N–H and O–H groups in total. The van der Waals surface area contributed by atoms with Crippen LogP contribution in [0, 0.1) is 19.7 Å². The average Bonchev–Trinajstić information content (AvgIpc) is 2.93. The van der Waals surface area contributed by atoms with E-state index in [1.807, 2.05) is 36.7 Å². The van der Waals surface area contributed by atoms with Gasteiger partial charge in [-0.05, 0) is 77.8 Å². The van der Waals surface area contributed by atoms with Crippen LogP contribution in [0.2, 0.25) is 0 Å². The molecule has 0 saturated heterocycles. The standard InChI is InChI=1S/C22H20BrFN2O2/c1-14-22(23)15(2)26(25-14)13-18-12-16(5-11-21(18)28-3)4-10-20(27)17-6-8-19(24)9-7-17/h4-12H,13H2,1-3H3/b10-4+. The lowest BCUT2D eigenvalue weighted by Crippen LogP contribution is -2.06. The smallest absolute Gasteiger partial charge is 0.185 e. The molecule has 0 bridgehead atoms. The minimum atomic E-state index is -0.365. The van der Waals surface area contributed by atoms with E-state index in [1.54, 1.807) is 13.2 Å². The summed E-state index contributed by atoms with van der Waals surface area (Å²) < 4.78 is 21.4. The zero-order valence-corrected chi connectivity index (χ0v) is 17.5. The molecule has 0 spiro atoms. The number of aromatic nitrogens is 2. The van der Waals surface area contributed by atoms with Gasteiger partial charge in [0.05, 0.1) is 29.5 Å². The Hall–Kier alpha value is -2.73. The summed E-state index contributed by atoms with van der Waals surface area (Å²) in [7, 11) is 1.63. The summed E-state index contributed by atoms with van der Waals surface area (Å²) in [6, 6.07) is 11.2. The van der Waals surface area contributed by atoms with E-state index in [2.05, 4.69) is 21.0 Å². The molecule has 3 aromatic rings. The first-order valence-electron chi connectivity index (χ1n) is 8.73. The third-order valence-corrected chi connectivity index (χ3v) is 5.62. The highest BCUT2D eigenvalue weighted by molar-refractivity contribution is 9.10. The van der Waals surface area contributed by atoms with Crippen molar-refractivity contribution in [3.8, 4) is 5.75 Å². The van der Waals surface area contributed by atoms with Crippen LogP contribution in [0.25, 0.3) is 6.08 Å². The van der Waals surface area contributed by atoms with Gasteiger partial charge in [0.2, 0.25) is 0 Å². The number of ketones is 1. The Balaban J connectivity index is 1.84. The lowest BCUT2D eigenvalue weighted by molar-refractivity contribution is 0.104. The van der Waals surface area contributed by atoms with E-state index >= 15 is 0 Å². The monoisotopic (exact) mass is 442 g/mol. The number of aryl methyl sites for hydroxylation is 1. The Kier molecular flexibility index (Phi) is 6.09. The zero-order valence-electron chi connectivity index (χ0n) is 15.9. The molecular formula is C22H20BrFN2O2. The first-order chi connectivity index (χ1) is 13.4. The normalized spacial score (nSPS) is 11.2. The van der Waals surface area contributed by atoms with Gasteiger partial charge in [-0.2, -0.15) is 5.10 Å². The number of methoxy groups -OCH3 is 1.